The summed E-state index contributed by atoms with van der Waals surface area (Å²) in [6, 6.07) is 7.96. The molecule has 1 atom stereocenters. The largest absolute Gasteiger partial charge is 0.324 e. The van der Waals surface area contributed by atoms with E-state index in [9.17, 15) is 13.2 Å². The van der Waals surface area contributed by atoms with Gasteiger partial charge in [0.25, 0.3) is 0 Å². The Bertz CT molecular complexity index is 800. The van der Waals surface area contributed by atoms with Crippen LogP contribution < -0.4 is 5.32 Å². The van der Waals surface area contributed by atoms with E-state index in [4.69, 9.17) is 0 Å². The first-order valence-corrected chi connectivity index (χ1v) is 9.68. The maximum absolute atomic E-state index is 12.4. The van der Waals surface area contributed by atoms with Crippen molar-refractivity contribution in [2.45, 2.75) is 23.7 Å². The van der Waals surface area contributed by atoms with Crippen LogP contribution in [-0.2, 0) is 9.84 Å². The van der Waals surface area contributed by atoms with Gasteiger partial charge in [0.2, 0.25) is 0 Å². The van der Waals surface area contributed by atoms with Crippen molar-refractivity contribution in [3.05, 3.63) is 42.2 Å². The van der Waals surface area contributed by atoms with Crippen LogP contribution in [0.25, 0.3) is 0 Å². The third kappa shape index (κ3) is 3.76. The Hall–Kier alpha value is -2.35. The fourth-order valence-electron chi connectivity index (χ4n) is 2.90. The van der Waals surface area contributed by atoms with Gasteiger partial charge in [0.15, 0.2) is 9.84 Å². The third-order valence-corrected chi connectivity index (χ3v) is 5.33. The summed E-state index contributed by atoms with van der Waals surface area (Å²) in [7, 11) is -3.23. The van der Waals surface area contributed by atoms with Crippen LogP contribution in [-0.4, -0.2) is 48.9 Å². The normalized spacial score (nSPS) is 18.4. The molecule has 2 aromatic rings. The van der Waals surface area contributed by atoms with E-state index in [0.717, 1.165) is 24.8 Å². The summed E-state index contributed by atoms with van der Waals surface area (Å²) in [5, 5.41) is 9.76. The van der Waals surface area contributed by atoms with Crippen molar-refractivity contribution >= 4 is 21.6 Å². The van der Waals surface area contributed by atoms with Gasteiger partial charge < -0.3 is 10.2 Å². The quantitative estimate of drug-likeness (QED) is 0.889. The number of benzene rings is 1. The second-order valence-electron chi connectivity index (χ2n) is 6.02. The minimum absolute atomic E-state index is 0.175. The maximum Gasteiger partial charge on any atom is 0.321 e. The number of aromatic nitrogens is 2. The summed E-state index contributed by atoms with van der Waals surface area (Å²) in [6.45, 7) is 1.34. The minimum Gasteiger partial charge on any atom is -0.324 e. The Morgan fingerprint density at radius 2 is 2.04 bits per heavy atom. The van der Waals surface area contributed by atoms with Crippen LogP contribution in [0.1, 0.15) is 24.5 Å². The van der Waals surface area contributed by atoms with Gasteiger partial charge in [-0.3, -0.25) is 5.10 Å². The lowest BCUT2D eigenvalue weighted by molar-refractivity contribution is 0.192. The number of amides is 2. The molecule has 1 aromatic carbocycles. The third-order valence-electron chi connectivity index (χ3n) is 4.20. The molecule has 1 saturated heterocycles. The van der Waals surface area contributed by atoms with Crippen LogP contribution in [0, 0.1) is 0 Å². The Kier molecular flexibility index (Phi) is 4.57. The number of carbonyl (C=O) groups is 1. The highest BCUT2D eigenvalue weighted by Crippen LogP contribution is 2.25. The molecule has 0 bridgehead atoms. The fourth-order valence-corrected chi connectivity index (χ4v) is 3.53. The molecule has 2 heterocycles. The second-order valence-corrected chi connectivity index (χ2v) is 8.04. The lowest BCUT2D eigenvalue weighted by atomic mass is 9.95. The average Bonchev–Trinajstić information content (AvgIpc) is 3.09. The molecular formula is C16H20N4O3S. The molecule has 8 heteroatoms. The predicted molar refractivity (Wildman–Crippen MR) is 90.7 cm³/mol. The molecule has 24 heavy (non-hydrogen) atoms. The van der Waals surface area contributed by atoms with Gasteiger partial charge in [-0.1, -0.05) is 0 Å². The highest BCUT2D eigenvalue weighted by Gasteiger charge is 2.25. The van der Waals surface area contributed by atoms with E-state index in [-0.39, 0.29) is 16.8 Å². The van der Waals surface area contributed by atoms with Gasteiger partial charge in [0.1, 0.15) is 0 Å². The summed E-state index contributed by atoms with van der Waals surface area (Å²) >= 11 is 0. The van der Waals surface area contributed by atoms with Gasteiger partial charge in [0, 0.05) is 42.8 Å². The number of piperidine rings is 1. The molecule has 7 nitrogen and oxygen atoms in total. The zero-order chi connectivity index (χ0) is 17.2. The number of nitrogens with zero attached hydrogens (tertiary/aromatic N) is 2. The molecule has 1 fully saturated rings. The highest BCUT2D eigenvalue weighted by atomic mass is 32.2. The summed E-state index contributed by atoms with van der Waals surface area (Å²) in [6.07, 6.45) is 4.83. The highest BCUT2D eigenvalue weighted by molar-refractivity contribution is 7.90. The van der Waals surface area contributed by atoms with Gasteiger partial charge in [0.05, 0.1) is 4.90 Å². The van der Waals surface area contributed by atoms with Crippen LogP contribution in [0.5, 0.6) is 0 Å². The molecule has 0 radical (unpaired) electrons. The zero-order valence-corrected chi connectivity index (χ0v) is 14.2. The first-order valence-electron chi connectivity index (χ1n) is 7.79. The van der Waals surface area contributed by atoms with E-state index in [0.29, 0.717) is 18.8 Å². The summed E-state index contributed by atoms with van der Waals surface area (Å²) in [4.78, 5) is 14.4. The molecule has 128 valence electrons. The van der Waals surface area contributed by atoms with E-state index in [2.05, 4.69) is 15.5 Å². The van der Waals surface area contributed by atoms with Gasteiger partial charge in [-0.05, 0) is 43.2 Å². The first kappa shape index (κ1) is 16.5. The van der Waals surface area contributed by atoms with Crippen molar-refractivity contribution in [1.29, 1.82) is 0 Å². The molecule has 3 rings (SSSR count). The van der Waals surface area contributed by atoms with Gasteiger partial charge in [-0.25, -0.2) is 13.2 Å². The molecule has 2 amide bonds. The number of hydrogen-bond donors (Lipinski definition) is 2. The number of hydrogen-bond acceptors (Lipinski definition) is 4. The second kappa shape index (κ2) is 6.64. The number of anilines is 1. The SMILES string of the molecule is CS(=O)(=O)c1ccc(NC(=O)N2CCCC(c3ccn[nH]3)C2)cc1. The standard InChI is InChI=1S/C16H20N4O3S/c1-24(22,23)14-6-4-13(5-7-14)18-16(21)20-10-2-3-12(11-20)15-8-9-17-19-15/h4-9,12H,2-3,10-11H2,1H3,(H,17,19)(H,18,21). The van der Waals surface area contributed by atoms with Crippen molar-refractivity contribution in [1.82, 2.24) is 15.1 Å². The fraction of sp³-hybridized carbons (Fsp3) is 0.375. The molecular weight excluding hydrogens is 328 g/mol. The van der Waals surface area contributed by atoms with Crippen molar-refractivity contribution in [2.24, 2.45) is 0 Å². The lowest BCUT2D eigenvalue weighted by Gasteiger charge is -2.32. The molecule has 2 N–H and O–H groups in total. The minimum atomic E-state index is -3.23. The number of rotatable bonds is 3. The van der Waals surface area contributed by atoms with Crippen molar-refractivity contribution in [3.63, 3.8) is 0 Å². The Balaban J connectivity index is 1.64. The van der Waals surface area contributed by atoms with Gasteiger partial charge in [-0.2, -0.15) is 5.10 Å². The maximum atomic E-state index is 12.4. The Labute approximate surface area is 141 Å². The number of urea groups is 1. The zero-order valence-electron chi connectivity index (χ0n) is 13.4. The Morgan fingerprint density at radius 3 is 2.67 bits per heavy atom. The van der Waals surface area contributed by atoms with Crippen LogP contribution in [0.15, 0.2) is 41.4 Å². The van der Waals surface area contributed by atoms with Crippen LogP contribution in [0.4, 0.5) is 10.5 Å². The topological polar surface area (TPSA) is 95.2 Å². The lowest BCUT2D eigenvalue weighted by Crippen LogP contribution is -2.41. The predicted octanol–water partition coefficient (Wildman–Crippen LogP) is 2.22. The molecule has 1 aliphatic rings. The van der Waals surface area contributed by atoms with Crippen molar-refractivity contribution in [3.8, 4) is 0 Å². The van der Waals surface area contributed by atoms with Crippen molar-refractivity contribution in [2.75, 3.05) is 24.7 Å². The molecule has 1 aromatic heterocycles. The molecule has 1 aliphatic heterocycles. The summed E-state index contributed by atoms with van der Waals surface area (Å²) in [5.74, 6) is 0.264. The number of carbonyl (C=O) groups excluding carboxylic acids is 1. The summed E-state index contributed by atoms with van der Waals surface area (Å²) < 4.78 is 22.9. The summed E-state index contributed by atoms with van der Waals surface area (Å²) in [5.41, 5.74) is 1.63. The smallest absolute Gasteiger partial charge is 0.321 e. The van der Waals surface area contributed by atoms with Gasteiger partial charge in [-0.15, -0.1) is 0 Å². The number of aromatic amines is 1. The van der Waals surface area contributed by atoms with E-state index >= 15 is 0 Å². The molecule has 0 spiro atoms. The van der Waals surface area contributed by atoms with Crippen LogP contribution >= 0.6 is 0 Å². The average molecular weight is 348 g/mol. The number of H-pyrrole nitrogens is 1. The van der Waals surface area contributed by atoms with E-state index in [1.54, 1.807) is 23.2 Å². The molecule has 0 aliphatic carbocycles. The number of likely N-dealkylation sites (tertiary alicyclic amines) is 1. The van der Waals surface area contributed by atoms with Crippen molar-refractivity contribution < 1.29 is 13.2 Å². The number of sulfone groups is 1. The molecule has 1 unspecified atom stereocenters. The van der Waals surface area contributed by atoms with Crippen LogP contribution in [0.3, 0.4) is 0 Å². The Morgan fingerprint density at radius 1 is 1.29 bits per heavy atom. The van der Waals surface area contributed by atoms with E-state index in [1.165, 1.54) is 12.1 Å². The monoisotopic (exact) mass is 348 g/mol. The van der Waals surface area contributed by atoms with E-state index < -0.39 is 9.84 Å². The molecule has 0 saturated carbocycles. The van der Waals surface area contributed by atoms with E-state index in [1.807, 2.05) is 6.07 Å². The number of nitrogens with one attached hydrogen (secondary N) is 2. The van der Waals surface area contributed by atoms with Crippen LogP contribution in [0.2, 0.25) is 0 Å². The van der Waals surface area contributed by atoms with Gasteiger partial charge >= 0.3 is 6.03 Å². The first-order chi connectivity index (χ1) is 11.4.